The highest BCUT2D eigenvalue weighted by Gasteiger charge is 2.28. The molecule has 1 aliphatic rings. The van der Waals surface area contributed by atoms with Gasteiger partial charge in [-0.1, -0.05) is 36.8 Å². The second-order valence-corrected chi connectivity index (χ2v) is 5.97. The summed E-state index contributed by atoms with van der Waals surface area (Å²) in [4.78, 5) is 14.6. The standard InChI is InChI=1S/C19H22N2O2/c1-4-15-12-21(17-7-5-6-8-18(17)23-15)19(22)20-16-10-9-13(2)11-14(16)3/h5-11,15H,4,12H2,1-3H3,(H,20,22). The molecule has 1 unspecified atom stereocenters. The van der Waals surface area contributed by atoms with E-state index in [9.17, 15) is 4.79 Å². The third-order valence-corrected chi connectivity index (χ3v) is 4.16. The molecule has 1 atom stereocenters. The summed E-state index contributed by atoms with van der Waals surface area (Å²) in [5.41, 5.74) is 3.91. The van der Waals surface area contributed by atoms with E-state index in [4.69, 9.17) is 4.74 Å². The predicted octanol–water partition coefficient (Wildman–Crippen LogP) is 4.51. The molecule has 0 aromatic heterocycles. The van der Waals surface area contributed by atoms with E-state index in [1.54, 1.807) is 4.90 Å². The lowest BCUT2D eigenvalue weighted by atomic mass is 10.1. The molecular weight excluding hydrogens is 288 g/mol. The molecule has 0 saturated carbocycles. The Balaban J connectivity index is 1.86. The number of urea groups is 1. The zero-order chi connectivity index (χ0) is 16.4. The monoisotopic (exact) mass is 310 g/mol. The van der Waals surface area contributed by atoms with Crippen LogP contribution in [0.3, 0.4) is 0 Å². The van der Waals surface area contributed by atoms with Crippen molar-refractivity contribution in [3.63, 3.8) is 0 Å². The molecule has 1 heterocycles. The molecule has 0 radical (unpaired) electrons. The van der Waals surface area contributed by atoms with Crippen molar-refractivity contribution in [3.8, 4) is 5.75 Å². The summed E-state index contributed by atoms with van der Waals surface area (Å²) in [7, 11) is 0. The average molecular weight is 310 g/mol. The quantitative estimate of drug-likeness (QED) is 0.886. The molecule has 0 bridgehead atoms. The Morgan fingerprint density at radius 2 is 2.04 bits per heavy atom. The van der Waals surface area contributed by atoms with Crippen LogP contribution in [0.2, 0.25) is 0 Å². The topological polar surface area (TPSA) is 41.6 Å². The van der Waals surface area contributed by atoms with E-state index < -0.39 is 0 Å². The summed E-state index contributed by atoms with van der Waals surface area (Å²) in [6.07, 6.45) is 0.886. The summed E-state index contributed by atoms with van der Waals surface area (Å²) >= 11 is 0. The molecular formula is C19H22N2O2. The minimum Gasteiger partial charge on any atom is -0.486 e. The number of para-hydroxylation sites is 2. The number of carbonyl (C=O) groups excluding carboxylic acids is 1. The Morgan fingerprint density at radius 1 is 1.26 bits per heavy atom. The lowest BCUT2D eigenvalue weighted by Gasteiger charge is -2.34. The molecule has 0 aliphatic carbocycles. The van der Waals surface area contributed by atoms with Gasteiger partial charge in [0.25, 0.3) is 0 Å². The van der Waals surface area contributed by atoms with Crippen molar-refractivity contribution in [3.05, 3.63) is 53.6 Å². The third-order valence-electron chi connectivity index (χ3n) is 4.16. The maximum atomic E-state index is 12.8. The van der Waals surface area contributed by atoms with E-state index in [0.29, 0.717) is 6.54 Å². The Labute approximate surface area is 137 Å². The molecule has 23 heavy (non-hydrogen) atoms. The first-order valence-electron chi connectivity index (χ1n) is 8.00. The molecule has 3 rings (SSSR count). The molecule has 0 saturated heterocycles. The Kier molecular flexibility index (Phi) is 4.24. The Morgan fingerprint density at radius 3 is 2.78 bits per heavy atom. The molecule has 2 amide bonds. The van der Waals surface area contributed by atoms with Crippen LogP contribution in [0, 0.1) is 13.8 Å². The van der Waals surface area contributed by atoms with Gasteiger partial charge in [0, 0.05) is 5.69 Å². The van der Waals surface area contributed by atoms with Gasteiger partial charge in [-0.2, -0.15) is 0 Å². The number of anilines is 2. The molecule has 1 N–H and O–H groups in total. The van der Waals surface area contributed by atoms with Crippen LogP contribution in [0.15, 0.2) is 42.5 Å². The van der Waals surface area contributed by atoms with Crippen molar-refractivity contribution >= 4 is 17.4 Å². The number of benzene rings is 2. The first-order chi connectivity index (χ1) is 11.1. The van der Waals surface area contributed by atoms with Gasteiger partial charge in [-0.15, -0.1) is 0 Å². The molecule has 4 heteroatoms. The van der Waals surface area contributed by atoms with Crippen molar-refractivity contribution in [2.24, 2.45) is 0 Å². The second kappa shape index (κ2) is 6.32. The predicted molar refractivity (Wildman–Crippen MR) is 93.4 cm³/mol. The third kappa shape index (κ3) is 3.16. The number of rotatable bonds is 2. The zero-order valence-corrected chi connectivity index (χ0v) is 13.8. The number of hydrogen-bond acceptors (Lipinski definition) is 2. The maximum Gasteiger partial charge on any atom is 0.326 e. The van der Waals surface area contributed by atoms with Gasteiger partial charge in [0.1, 0.15) is 11.9 Å². The maximum absolute atomic E-state index is 12.8. The van der Waals surface area contributed by atoms with Gasteiger partial charge in [-0.25, -0.2) is 4.79 Å². The SMILES string of the molecule is CCC1CN(C(=O)Nc2ccc(C)cc2C)c2ccccc2O1. The molecule has 0 spiro atoms. The number of nitrogens with one attached hydrogen (secondary N) is 1. The van der Waals surface area contributed by atoms with Crippen molar-refractivity contribution < 1.29 is 9.53 Å². The van der Waals surface area contributed by atoms with Crippen molar-refractivity contribution in [2.45, 2.75) is 33.3 Å². The van der Waals surface area contributed by atoms with Gasteiger partial charge in [0.05, 0.1) is 12.2 Å². The highest BCUT2D eigenvalue weighted by molar-refractivity contribution is 6.03. The first kappa shape index (κ1) is 15.4. The molecule has 2 aromatic rings. The highest BCUT2D eigenvalue weighted by Crippen LogP contribution is 2.34. The summed E-state index contributed by atoms with van der Waals surface area (Å²) in [5, 5.41) is 3.02. The minimum atomic E-state index is -0.119. The van der Waals surface area contributed by atoms with Gasteiger partial charge < -0.3 is 10.1 Å². The van der Waals surface area contributed by atoms with Crippen LogP contribution in [0.4, 0.5) is 16.2 Å². The Bertz CT molecular complexity index is 727. The summed E-state index contributed by atoms with van der Waals surface area (Å²) in [6.45, 7) is 6.68. The van der Waals surface area contributed by atoms with Crippen molar-refractivity contribution in [1.82, 2.24) is 0 Å². The summed E-state index contributed by atoms with van der Waals surface area (Å²) in [6, 6.07) is 13.6. The van der Waals surface area contributed by atoms with E-state index in [1.165, 1.54) is 5.56 Å². The van der Waals surface area contributed by atoms with Crippen LogP contribution < -0.4 is 15.0 Å². The fourth-order valence-corrected chi connectivity index (χ4v) is 2.84. The van der Waals surface area contributed by atoms with Gasteiger partial charge in [0.15, 0.2) is 0 Å². The van der Waals surface area contributed by atoms with Crippen LogP contribution in [0.5, 0.6) is 5.75 Å². The van der Waals surface area contributed by atoms with Crippen molar-refractivity contribution in [2.75, 3.05) is 16.8 Å². The first-order valence-corrected chi connectivity index (χ1v) is 8.00. The summed E-state index contributed by atoms with van der Waals surface area (Å²) < 4.78 is 5.93. The van der Waals surface area contributed by atoms with Gasteiger partial charge in [-0.05, 0) is 44.0 Å². The average Bonchev–Trinajstić information content (AvgIpc) is 2.56. The van der Waals surface area contributed by atoms with Gasteiger partial charge in [-0.3, -0.25) is 4.90 Å². The van der Waals surface area contributed by atoms with E-state index in [2.05, 4.69) is 18.3 Å². The number of ether oxygens (including phenoxy) is 1. The zero-order valence-electron chi connectivity index (χ0n) is 13.8. The highest BCUT2D eigenvalue weighted by atomic mass is 16.5. The fraction of sp³-hybridized carbons (Fsp3) is 0.316. The molecule has 0 fully saturated rings. The molecule has 4 nitrogen and oxygen atoms in total. The van der Waals surface area contributed by atoms with Gasteiger partial charge >= 0.3 is 6.03 Å². The number of amides is 2. The van der Waals surface area contributed by atoms with E-state index in [1.807, 2.05) is 50.2 Å². The second-order valence-electron chi connectivity index (χ2n) is 5.97. The summed E-state index contributed by atoms with van der Waals surface area (Å²) in [5.74, 6) is 0.765. The van der Waals surface area contributed by atoms with Crippen molar-refractivity contribution in [1.29, 1.82) is 0 Å². The molecule has 120 valence electrons. The van der Waals surface area contributed by atoms with Crippen LogP contribution in [-0.4, -0.2) is 18.7 Å². The van der Waals surface area contributed by atoms with Crippen LogP contribution in [0.25, 0.3) is 0 Å². The van der Waals surface area contributed by atoms with E-state index in [-0.39, 0.29) is 12.1 Å². The Hall–Kier alpha value is -2.49. The van der Waals surface area contributed by atoms with E-state index >= 15 is 0 Å². The normalized spacial score (nSPS) is 16.5. The fourth-order valence-electron chi connectivity index (χ4n) is 2.84. The van der Waals surface area contributed by atoms with Crippen LogP contribution in [-0.2, 0) is 0 Å². The smallest absolute Gasteiger partial charge is 0.326 e. The van der Waals surface area contributed by atoms with E-state index in [0.717, 1.165) is 29.1 Å². The molecule has 1 aliphatic heterocycles. The lowest BCUT2D eigenvalue weighted by molar-refractivity contribution is 0.188. The number of hydrogen-bond donors (Lipinski definition) is 1. The molecule has 2 aromatic carbocycles. The number of fused-ring (bicyclic) bond motifs is 1. The minimum absolute atomic E-state index is 0.0229. The number of nitrogens with zero attached hydrogens (tertiary/aromatic N) is 1. The largest absolute Gasteiger partial charge is 0.486 e. The van der Waals surface area contributed by atoms with Crippen LogP contribution in [0.1, 0.15) is 24.5 Å². The number of carbonyl (C=O) groups is 1. The van der Waals surface area contributed by atoms with Gasteiger partial charge in [0.2, 0.25) is 0 Å². The van der Waals surface area contributed by atoms with Crippen LogP contribution >= 0.6 is 0 Å². The number of aryl methyl sites for hydroxylation is 2. The lowest BCUT2D eigenvalue weighted by Crippen LogP contribution is -2.45.